The molecule has 0 amide bonds. The molecule has 1 fully saturated rings. The fourth-order valence-corrected chi connectivity index (χ4v) is 3.75. The van der Waals surface area contributed by atoms with Gasteiger partial charge in [-0.2, -0.15) is 5.10 Å². The van der Waals surface area contributed by atoms with E-state index in [1.54, 1.807) is 6.33 Å². The summed E-state index contributed by atoms with van der Waals surface area (Å²) in [5.74, 6) is 0.912. The zero-order chi connectivity index (χ0) is 15.3. The first-order chi connectivity index (χ1) is 10.2. The van der Waals surface area contributed by atoms with Crippen molar-refractivity contribution in [2.24, 2.45) is 0 Å². The molecule has 21 heavy (non-hydrogen) atoms. The number of aliphatic hydroxyl groups is 1. The topological polar surface area (TPSA) is 54.2 Å². The van der Waals surface area contributed by atoms with Gasteiger partial charge >= 0.3 is 0 Å². The molecule has 5 nitrogen and oxygen atoms in total. The van der Waals surface area contributed by atoms with Crippen molar-refractivity contribution < 1.29 is 5.11 Å². The van der Waals surface area contributed by atoms with Crippen molar-refractivity contribution in [3.05, 3.63) is 12.2 Å². The molecule has 1 unspecified atom stereocenters. The van der Waals surface area contributed by atoms with Gasteiger partial charge in [-0.1, -0.05) is 20.8 Å². The third-order valence-electron chi connectivity index (χ3n) is 5.09. The van der Waals surface area contributed by atoms with Crippen LogP contribution >= 0.6 is 0 Å². The fourth-order valence-electron chi connectivity index (χ4n) is 3.75. The van der Waals surface area contributed by atoms with Crippen molar-refractivity contribution in [1.82, 2.24) is 19.7 Å². The molecule has 0 saturated carbocycles. The Kier molecular flexibility index (Phi) is 5.76. The van der Waals surface area contributed by atoms with E-state index in [0.29, 0.717) is 6.42 Å². The fraction of sp³-hybridized carbons (Fsp3) is 0.875. The lowest BCUT2D eigenvalue weighted by Crippen LogP contribution is -2.56. The van der Waals surface area contributed by atoms with E-state index in [1.807, 2.05) is 4.68 Å². The lowest BCUT2D eigenvalue weighted by Gasteiger charge is -2.44. The summed E-state index contributed by atoms with van der Waals surface area (Å²) in [5.41, 5.74) is -0.112. The Morgan fingerprint density at radius 1 is 1.24 bits per heavy atom. The normalized spacial score (nSPS) is 18.3. The minimum atomic E-state index is -0.384. The Bertz CT molecular complexity index is 422. The zero-order valence-corrected chi connectivity index (χ0v) is 13.8. The van der Waals surface area contributed by atoms with Gasteiger partial charge in [-0.15, -0.1) is 0 Å². The average Bonchev–Trinajstić information content (AvgIpc) is 3.14. The summed E-state index contributed by atoms with van der Waals surface area (Å²) < 4.78 is 1.93. The maximum atomic E-state index is 11.0. The van der Waals surface area contributed by atoms with Crippen molar-refractivity contribution in [1.29, 1.82) is 0 Å². The Hall–Kier alpha value is -0.940. The summed E-state index contributed by atoms with van der Waals surface area (Å²) in [4.78, 5) is 6.86. The van der Waals surface area contributed by atoms with Crippen LogP contribution in [0.25, 0.3) is 0 Å². The van der Waals surface area contributed by atoms with Crippen molar-refractivity contribution in [3.8, 4) is 0 Å². The molecule has 1 aromatic heterocycles. The number of hydrogen-bond acceptors (Lipinski definition) is 4. The van der Waals surface area contributed by atoms with E-state index in [4.69, 9.17) is 0 Å². The van der Waals surface area contributed by atoms with Crippen molar-refractivity contribution in [2.45, 2.75) is 77.5 Å². The maximum Gasteiger partial charge on any atom is 0.138 e. The van der Waals surface area contributed by atoms with Crippen LogP contribution in [0.3, 0.4) is 0 Å². The van der Waals surface area contributed by atoms with Crippen LogP contribution in [0.2, 0.25) is 0 Å². The van der Waals surface area contributed by atoms with Gasteiger partial charge in [0.05, 0.1) is 6.10 Å². The molecule has 2 rings (SSSR count). The van der Waals surface area contributed by atoms with Gasteiger partial charge in [0.1, 0.15) is 12.2 Å². The second-order valence-corrected chi connectivity index (χ2v) is 6.12. The molecule has 0 aromatic carbocycles. The summed E-state index contributed by atoms with van der Waals surface area (Å²) in [6, 6.07) is 0. The first-order valence-electron chi connectivity index (χ1n) is 8.47. The molecule has 1 aliphatic rings. The smallest absolute Gasteiger partial charge is 0.138 e. The number of aromatic nitrogens is 3. The molecule has 1 saturated heterocycles. The molecule has 120 valence electrons. The van der Waals surface area contributed by atoms with Gasteiger partial charge in [-0.05, 0) is 45.2 Å². The molecule has 1 N–H and O–H groups in total. The predicted octanol–water partition coefficient (Wildman–Crippen LogP) is 2.25. The monoisotopic (exact) mass is 294 g/mol. The molecule has 0 bridgehead atoms. The number of nitrogens with zero attached hydrogens (tertiary/aromatic N) is 4. The van der Waals surface area contributed by atoms with E-state index in [-0.39, 0.29) is 11.6 Å². The SMILES string of the molecule is CCCn1ncnc1CC(O)C(CC)(CC)N1CCCC1. The zero-order valence-electron chi connectivity index (χ0n) is 13.8. The van der Waals surface area contributed by atoms with E-state index in [1.165, 1.54) is 12.8 Å². The second kappa shape index (κ2) is 7.36. The first-order valence-corrected chi connectivity index (χ1v) is 8.47. The van der Waals surface area contributed by atoms with Crippen LogP contribution in [0.5, 0.6) is 0 Å². The Morgan fingerprint density at radius 3 is 2.48 bits per heavy atom. The van der Waals surface area contributed by atoms with Crippen molar-refractivity contribution >= 4 is 0 Å². The average molecular weight is 294 g/mol. The maximum absolute atomic E-state index is 11.0. The highest BCUT2D eigenvalue weighted by molar-refractivity contribution is 5.01. The quantitative estimate of drug-likeness (QED) is 0.799. The third kappa shape index (κ3) is 3.29. The predicted molar refractivity (Wildman–Crippen MR) is 84.1 cm³/mol. The van der Waals surface area contributed by atoms with Crippen molar-refractivity contribution in [3.63, 3.8) is 0 Å². The third-order valence-corrected chi connectivity index (χ3v) is 5.09. The second-order valence-electron chi connectivity index (χ2n) is 6.12. The molecule has 1 aromatic rings. The summed E-state index contributed by atoms with van der Waals surface area (Å²) in [6.07, 6.45) is 7.31. The van der Waals surface area contributed by atoms with E-state index in [0.717, 1.165) is 44.7 Å². The first kappa shape index (κ1) is 16.4. The highest BCUT2D eigenvalue weighted by Crippen LogP contribution is 2.32. The van der Waals surface area contributed by atoms with E-state index in [2.05, 4.69) is 35.8 Å². The summed E-state index contributed by atoms with van der Waals surface area (Å²) in [5, 5.41) is 15.2. The molecule has 5 heteroatoms. The molecular formula is C16H30N4O. The number of aliphatic hydroxyl groups excluding tert-OH is 1. The van der Waals surface area contributed by atoms with E-state index in [9.17, 15) is 5.11 Å². The van der Waals surface area contributed by atoms with Crippen LogP contribution in [0.4, 0.5) is 0 Å². The standard InChI is InChI=1S/C16H30N4O/c1-4-9-20-15(17-13-18-20)12-14(21)16(5-2,6-3)19-10-7-8-11-19/h13-14,21H,4-12H2,1-3H3. The summed E-state index contributed by atoms with van der Waals surface area (Å²) >= 11 is 0. The molecule has 0 spiro atoms. The van der Waals surface area contributed by atoms with E-state index < -0.39 is 0 Å². The van der Waals surface area contributed by atoms with Gasteiger partial charge in [0, 0.05) is 18.5 Å². The molecule has 0 aliphatic carbocycles. The van der Waals surface area contributed by atoms with Gasteiger partial charge in [-0.3, -0.25) is 9.58 Å². The van der Waals surface area contributed by atoms with Gasteiger partial charge in [0.25, 0.3) is 0 Å². The van der Waals surface area contributed by atoms with Gasteiger partial charge in [-0.25, -0.2) is 4.98 Å². The van der Waals surface area contributed by atoms with Crippen LogP contribution in [-0.4, -0.2) is 49.5 Å². The number of rotatable bonds is 8. The highest BCUT2D eigenvalue weighted by Gasteiger charge is 2.41. The molecule has 0 radical (unpaired) electrons. The summed E-state index contributed by atoms with van der Waals surface area (Å²) in [6.45, 7) is 9.62. The highest BCUT2D eigenvalue weighted by atomic mass is 16.3. The van der Waals surface area contributed by atoms with Crippen LogP contribution in [0.1, 0.15) is 58.7 Å². The minimum Gasteiger partial charge on any atom is -0.391 e. The van der Waals surface area contributed by atoms with Crippen LogP contribution in [0, 0.1) is 0 Å². The lowest BCUT2D eigenvalue weighted by atomic mass is 9.83. The van der Waals surface area contributed by atoms with E-state index >= 15 is 0 Å². The van der Waals surface area contributed by atoms with Crippen molar-refractivity contribution in [2.75, 3.05) is 13.1 Å². The Labute approximate surface area is 128 Å². The Balaban J connectivity index is 2.14. The number of likely N-dealkylation sites (tertiary alicyclic amines) is 1. The van der Waals surface area contributed by atoms with Crippen LogP contribution in [0.15, 0.2) is 6.33 Å². The van der Waals surface area contributed by atoms with Gasteiger partial charge < -0.3 is 5.11 Å². The molecule has 1 aliphatic heterocycles. The lowest BCUT2D eigenvalue weighted by molar-refractivity contribution is -0.0283. The largest absolute Gasteiger partial charge is 0.391 e. The van der Waals surface area contributed by atoms with Crippen LogP contribution < -0.4 is 0 Å². The molecular weight excluding hydrogens is 264 g/mol. The number of hydrogen-bond donors (Lipinski definition) is 1. The minimum absolute atomic E-state index is 0.112. The van der Waals surface area contributed by atoms with Crippen LogP contribution in [-0.2, 0) is 13.0 Å². The molecule has 1 atom stereocenters. The van der Waals surface area contributed by atoms with Gasteiger partial charge in [0.15, 0.2) is 0 Å². The Morgan fingerprint density at radius 2 is 1.90 bits per heavy atom. The number of aryl methyl sites for hydroxylation is 1. The van der Waals surface area contributed by atoms with Gasteiger partial charge in [0.2, 0.25) is 0 Å². The summed E-state index contributed by atoms with van der Waals surface area (Å²) in [7, 11) is 0. The molecule has 2 heterocycles.